The van der Waals surface area contributed by atoms with Crippen molar-refractivity contribution >= 4 is 11.6 Å². The van der Waals surface area contributed by atoms with Crippen LogP contribution in [0.5, 0.6) is 5.75 Å². The molecule has 0 N–H and O–H groups in total. The van der Waals surface area contributed by atoms with E-state index in [-0.39, 0.29) is 0 Å². The molecule has 4 rings (SSSR count). The summed E-state index contributed by atoms with van der Waals surface area (Å²) in [7, 11) is 0. The van der Waals surface area contributed by atoms with Gasteiger partial charge in [-0.2, -0.15) is 0 Å². The molecule has 1 unspecified atom stereocenters. The van der Waals surface area contributed by atoms with Gasteiger partial charge in [-0.1, -0.05) is 35.7 Å². The van der Waals surface area contributed by atoms with Crippen molar-refractivity contribution < 1.29 is 4.74 Å². The second-order valence-corrected chi connectivity index (χ2v) is 8.03. The molecule has 2 heterocycles. The van der Waals surface area contributed by atoms with Crippen LogP contribution in [0.4, 0.5) is 0 Å². The maximum Gasteiger partial charge on any atom is 0.119 e. The lowest BCUT2D eigenvalue weighted by molar-refractivity contribution is 0.204. The fourth-order valence-electron chi connectivity index (χ4n) is 3.66. The average Bonchev–Trinajstić information content (AvgIpc) is 3.19. The predicted octanol–water partition coefficient (Wildman–Crippen LogP) is 5.66. The molecule has 1 aliphatic heterocycles. The molecule has 0 saturated carbocycles. The van der Waals surface area contributed by atoms with E-state index in [1.807, 2.05) is 66.9 Å². The molecule has 152 valence electrons. The zero-order chi connectivity index (χ0) is 20.8. The second-order valence-electron chi connectivity index (χ2n) is 7.59. The normalized spacial score (nSPS) is 16.1. The van der Waals surface area contributed by atoms with Crippen molar-refractivity contribution in [3.8, 4) is 28.7 Å². The van der Waals surface area contributed by atoms with Gasteiger partial charge in [0.2, 0.25) is 0 Å². The molecule has 4 heteroatoms. The summed E-state index contributed by atoms with van der Waals surface area (Å²) in [5.41, 5.74) is 3.81. The Balaban J connectivity index is 1.32. The van der Waals surface area contributed by atoms with Gasteiger partial charge in [-0.25, -0.2) is 4.98 Å². The molecule has 3 nitrogen and oxygen atoms in total. The Kier molecular flexibility index (Phi) is 6.69. The fourth-order valence-corrected chi connectivity index (χ4v) is 3.78. The van der Waals surface area contributed by atoms with E-state index in [1.165, 1.54) is 19.4 Å². The van der Waals surface area contributed by atoms with Crippen LogP contribution in [0.1, 0.15) is 31.0 Å². The molecule has 0 spiro atoms. The lowest BCUT2D eigenvalue weighted by atomic mass is 10.1. The van der Waals surface area contributed by atoms with Gasteiger partial charge in [0.15, 0.2) is 0 Å². The summed E-state index contributed by atoms with van der Waals surface area (Å²) in [5.74, 6) is 7.18. The lowest BCUT2D eigenvalue weighted by Crippen LogP contribution is -2.31. The Morgan fingerprint density at radius 1 is 1.00 bits per heavy atom. The van der Waals surface area contributed by atoms with Gasteiger partial charge in [0, 0.05) is 34.9 Å². The number of halogens is 1. The zero-order valence-corrected chi connectivity index (χ0v) is 17.9. The van der Waals surface area contributed by atoms with Crippen LogP contribution in [-0.2, 0) is 0 Å². The summed E-state index contributed by atoms with van der Waals surface area (Å²) in [4.78, 5) is 6.95. The molecular weight excluding hydrogens is 392 g/mol. The van der Waals surface area contributed by atoms with Crippen molar-refractivity contribution in [2.24, 2.45) is 0 Å². The zero-order valence-electron chi connectivity index (χ0n) is 17.1. The molecule has 0 aliphatic carbocycles. The molecule has 0 radical (unpaired) electrons. The van der Waals surface area contributed by atoms with Gasteiger partial charge < -0.3 is 4.74 Å². The number of hydrogen-bond acceptors (Lipinski definition) is 3. The monoisotopic (exact) mass is 416 g/mol. The third kappa shape index (κ3) is 5.42. The van der Waals surface area contributed by atoms with Gasteiger partial charge in [-0.05, 0) is 80.3 Å². The molecule has 1 atom stereocenters. The van der Waals surface area contributed by atoms with E-state index in [0.717, 1.165) is 46.3 Å². The van der Waals surface area contributed by atoms with E-state index in [0.29, 0.717) is 6.04 Å². The molecule has 0 amide bonds. The van der Waals surface area contributed by atoms with Crippen molar-refractivity contribution in [1.29, 1.82) is 0 Å². The molecule has 30 heavy (non-hydrogen) atoms. The predicted molar refractivity (Wildman–Crippen MR) is 123 cm³/mol. The van der Waals surface area contributed by atoms with Crippen LogP contribution in [0.25, 0.3) is 11.1 Å². The van der Waals surface area contributed by atoms with Gasteiger partial charge in [0.1, 0.15) is 18.1 Å². The number of likely N-dealkylation sites (tertiary alicyclic amines) is 1. The smallest absolute Gasteiger partial charge is 0.119 e. The Bertz CT molecular complexity index is 1020. The molecule has 0 bridgehead atoms. The van der Waals surface area contributed by atoms with E-state index in [4.69, 9.17) is 16.3 Å². The minimum Gasteiger partial charge on any atom is -0.492 e. The highest BCUT2D eigenvalue weighted by Gasteiger charge is 2.19. The highest BCUT2D eigenvalue weighted by molar-refractivity contribution is 6.30. The van der Waals surface area contributed by atoms with Gasteiger partial charge in [0.05, 0.1) is 0 Å². The first-order valence-corrected chi connectivity index (χ1v) is 10.8. The maximum absolute atomic E-state index is 5.95. The van der Waals surface area contributed by atoms with Crippen LogP contribution < -0.4 is 4.74 Å². The molecule has 1 fully saturated rings. The number of hydrogen-bond donors (Lipinski definition) is 0. The molecule has 1 aromatic heterocycles. The van der Waals surface area contributed by atoms with Crippen molar-refractivity contribution in [3.05, 3.63) is 83.1 Å². The molecule has 2 aromatic carbocycles. The summed E-state index contributed by atoms with van der Waals surface area (Å²) in [6, 6.07) is 20.3. The van der Waals surface area contributed by atoms with E-state index in [1.54, 1.807) is 0 Å². The minimum absolute atomic E-state index is 0.681. The van der Waals surface area contributed by atoms with Gasteiger partial charge in [-0.3, -0.25) is 4.90 Å². The molecule has 3 aromatic rings. The number of aromatic nitrogens is 1. The third-order valence-electron chi connectivity index (χ3n) is 5.47. The first-order valence-electron chi connectivity index (χ1n) is 10.4. The number of benzene rings is 2. The number of rotatable bonds is 5. The summed E-state index contributed by atoms with van der Waals surface area (Å²) in [5, 5.41) is 0.729. The van der Waals surface area contributed by atoms with Crippen molar-refractivity contribution in [1.82, 2.24) is 9.88 Å². The second kappa shape index (κ2) is 9.80. The van der Waals surface area contributed by atoms with E-state index < -0.39 is 0 Å². The van der Waals surface area contributed by atoms with E-state index >= 15 is 0 Å². The topological polar surface area (TPSA) is 25.4 Å². The molecule has 1 saturated heterocycles. The lowest BCUT2D eigenvalue weighted by Gasteiger charge is -2.20. The van der Waals surface area contributed by atoms with E-state index in [9.17, 15) is 0 Å². The molecule has 1 aliphatic rings. The van der Waals surface area contributed by atoms with Crippen LogP contribution in [-0.4, -0.2) is 35.6 Å². The Hall–Kier alpha value is -2.80. The highest BCUT2D eigenvalue weighted by atomic mass is 35.5. The number of nitrogens with zero attached hydrogens (tertiary/aromatic N) is 2. The maximum atomic E-state index is 5.95. The third-order valence-corrected chi connectivity index (χ3v) is 5.72. The molecular formula is C26H25ClN2O. The first kappa shape index (κ1) is 20.5. The SMILES string of the molecule is CC1CCCN1CCOc1ccc(C#Cc2ccc(-c3ccc(Cl)cc3)cn2)cc1. The summed E-state index contributed by atoms with van der Waals surface area (Å²) in [6.45, 7) is 5.19. The number of ether oxygens (including phenoxy) is 1. The largest absolute Gasteiger partial charge is 0.492 e. The highest BCUT2D eigenvalue weighted by Crippen LogP contribution is 2.21. The fraction of sp³-hybridized carbons (Fsp3) is 0.269. The van der Waals surface area contributed by atoms with Crippen molar-refractivity contribution in [2.45, 2.75) is 25.8 Å². The number of pyridine rings is 1. The minimum atomic E-state index is 0.681. The summed E-state index contributed by atoms with van der Waals surface area (Å²) >= 11 is 5.95. The Morgan fingerprint density at radius 2 is 1.77 bits per heavy atom. The van der Waals surface area contributed by atoms with Crippen molar-refractivity contribution in [3.63, 3.8) is 0 Å². The van der Waals surface area contributed by atoms with Gasteiger partial charge >= 0.3 is 0 Å². The van der Waals surface area contributed by atoms with Gasteiger partial charge in [-0.15, -0.1) is 0 Å². The van der Waals surface area contributed by atoms with Crippen LogP contribution in [0.2, 0.25) is 5.02 Å². The van der Waals surface area contributed by atoms with Crippen molar-refractivity contribution in [2.75, 3.05) is 19.7 Å². The Labute approximate surface area is 183 Å². The quantitative estimate of drug-likeness (QED) is 0.501. The summed E-state index contributed by atoms with van der Waals surface area (Å²) in [6.07, 6.45) is 4.44. The van der Waals surface area contributed by atoms with Crippen LogP contribution in [0.3, 0.4) is 0 Å². The Morgan fingerprint density at radius 3 is 2.43 bits per heavy atom. The average molecular weight is 417 g/mol. The van der Waals surface area contributed by atoms with Crippen LogP contribution in [0.15, 0.2) is 66.9 Å². The van der Waals surface area contributed by atoms with Crippen LogP contribution >= 0.6 is 11.6 Å². The van der Waals surface area contributed by atoms with E-state index in [2.05, 4.69) is 28.6 Å². The summed E-state index contributed by atoms with van der Waals surface area (Å²) < 4.78 is 5.89. The van der Waals surface area contributed by atoms with Crippen LogP contribution in [0, 0.1) is 11.8 Å². The first-order chi connectivity index (χ1) is 14.7. The van der Waals surface area contributed by atoms with Gasteiger partial charge in [0.25, 0.3) is 0 Å². The standard InChI is InChI=1S/C26H25ClN2O/c1-20-3-2-16-29(20)17-18-30-26-14-5-21(6-15-26)4-12-25-13-9-23(19-28-25)22-7-10-24(27)11-8-22/h5-11,13-15,19-20H,2-3,16-18H2,1H3.